The number of fused-ring (bicyclic) bond motifs is 1. The van der Waals surface area contributed by atoms with Gasteiger partial charge in [-0.3, -0.25) is 9.10 Å². The minimum atomic E-state index is -3.89. The molecule has 194 valence electrons. The van der Waals surface area contributed by atoms with Gasteiger partial charge in [0, 0.05) is 27.9 Å². The molecule has 0 aromatic heterocycles. The monoisotopic (exact) mass is 566 g/mol. The molecule has 38 heavy (non-hydrogen) atoms. The minimum Gasteiger partial charge on any atom is -0.352 e. The van der Waals surface area contributed by atoms with Gasteiger partial charge < -0.3 is 5.32 Å². The summed E-state index contributed by atoms with van der Waals surface area (Å²) in [6.07, 6.45) is 1.22. The molecule has 9 heteroatoms. The Kier molecular flexibility index (Phi) is 7.74. The van der Waals surface area contributed by atoms with Gasteiger partial charge in [-0.25, -0.2) is 12.8 Å². The van der Waals surface area contributed by atoms with Crippen LogP contribution in [0.15, 0.2) is 106 Å². The Morgan fingerprint density at radius 2 is 1.71 bits per heavy atom. The van der Waals surface area contributed by atoms with Crippen LogP contribution >= 0.6 is 23.4 Å². The SMILES string of the molecule is O=C(NCCc1ccc(Cl)cc1)c1cc(S(=O)(=O)N2CCc3ccccc32)ccc1Sc1ccc(F)cc1. The number of carbonyl (C=O) groups is 1. The summed E-state index contributed by atoms with van der Waals surface area (Å²) in [6, 6.07) is 25.3. The molecule has 5 rings (SSSR count). The molecule has 4 aromatic carbocycles. The summed E-state index contributed by atoms with van der Waals surface area (Å²) in [5, 5.41) is 3.55. The fourth-order valence-electron chi connectivity index (χ4n) is 4.32. The summed E-state index contributed by atoms with van der Waals surface area (Å²) < 4.78 is 42.1. The number of para-hydroxylation sites is 1. The molecule has 0 saturated heterocycles. The standard InChI is InChI=1S/C29H24ClFN2O3S2/c30-22-7-5-20(6-8-22)15-17-32-29(34)26-19-25(13-14-28(26)37-24-11-9-23(31)10-12-24)38(35,36)33-18-16-21-3-1-2-4-27(21)33/h1-14,19H,15-18H2,(H,32,34). The first-order valence-corrected chi connectivity index (χ1v) is 14.7. The number of halogens is 2. The largest absolute Gasteiger partial charge is 0.352 e. The first kappa shape index (κ1) is 26.3. The molecule has 0 aliphatic carbocycles. The van der Waals surface area contributed by atoms with Gasteiger partial charge in [-0.15, -0.1) is 0 Å². The zero-order valence-electron chi connectivity index (χ0n) is 20.2. The topological polar surface area (TPSA) is 66.5 Å². The molecule has 1 aliphatic heterocycles. The van der Waals surface area contributed by atoms with Crippen molar-refractivity contribution in [3.63, 3.8) is 0 Å². The lowest BCUT2D eigenvalue weighted by Crippen LogP contribution is -2.30. The van der Waals surface area contributed by atoms with Crippen LogP contribution in [0.3, 0.4) is 0 Å². The van der Waals surface area contributed by atoms with E-state index in [4.69, 9.17) is 11.6 Å². The van der Waals surface area contributed by atoms with Crippen molar-refractivity contribution in [2.45, 2.75) is 27.5 Å². The highest BCUT2D eigenvalue weighted by Crippen LogP contribution is 2.36. The minimum absolute atomic E-state index is 0.0421. The number of sulfonamides is 1. The number of nitrogens with zero attached hydrogens (tertiary/aromatic N) is 1. The second-order valence-corrected chi connectivity index (χ2v) is 12.2. The van der Waals surface area contributed by atoms with Crippen molar-refractivity contribution in [3.8, 4) is 0 Å². The molecular formula is C29H24ClFN2O3S2. The molecule has 1 N–H and O–H groups in total. The Hall–Kier alpha value is -3.33. The van der Waals surface area contributed by atoms with Crippen LogP contribution in [0.5, 0.6) is 0 Å². The van der Waals surface area contributed by atoms with Crippen molar-refractivity contribution >= 4 is 45.0 Å². The molecule has 4 aromatic rings. The van der Waals surface area contributed by atoms with Gasteiger partial charge >= 0.3 is 0 Å². The number of nitrogens with one attached hydrogen (secondary N) is 1. The van der Waals surface area contributed by atoms with E-state index in [0.29, 0.717) is 41.5 Å². The maximum atomic E-state index is 13.6. The molecule has 5 nitrogen and oxygen atoms in total. The Morgan fingerprint density at radius 1 is 0.974 bits per heavy atom. The van der Waals surface area contributed by atoms with Crippen LogP contribution in [0.4, 0.5) is 10.1 Å². The van der Waals surface area contributed by atoms with Gasteiger partial charge in [-0.1, -0.05) is 53.7 Å². The number of hydrogen-bond acceptors (Lipinski definition) is 4. The van der Waals surface area contributed by atoms with Crippen molar-refractivity contribution < 1.29 is 17.6 Å². The average Bonchev–Trinajstić information content (AvgIpc) is 3.36. The molecule has 1 amide bonds. The first-order chi connectivity index (χ1) is 18.3. The third-order valence-corrected chi connectivity index (χ3v) is 9.43. The first-order valence-electron chi connectivity index (χ1n) is 12.0. The van der Waals surface area contributed by atoms with E-state index in [1.807, 2.05) is 30.3 Å². The van der Waals surface area contributed by atoms with Gasteiger partial charge in [-0.2, -0.15) is 0 Å². The fourth-order valence-corrected chi connectivity index (χ4v) is 6.90. The predicted molar refractivity (Wildman–Crippen MR) is 149 cm³/mol. The molecule has 1 aliphatic rings. The van der Waals surface area contributed by atoms with E-state index >= 15 is 0 Å². The zero-order chi connectivity index (χ0) is 26.7. The highest BCUT2D eigenvalue weighted by Gasteiger charge is 2.31. The average molecular weight is 567 g/mol. The Balaban J connectivity index is 1.43. The summed E-state index contributed by atoms with van der Waals surface area (Å²) in [6.45, 7) is 0.702. The van der Waals surface area contributed by atoms with E-state index in [-0.39, 0.29) is 22.2 Å². The summed E-state index contributed by atoms with van der Waals surface area (Å²) in [5.74, 6) is -0.746. The lowest BCUT2D eigenvalue weighted by Gasteiger charge is -2.20. The summed E-state index contributed by atoms with van der Waals surface area (Å²) in [5.41, 5.74) is 2.88. The number of rotatable bonds is 8. The molecule has 0 saturated carbocycles. The van der Waals surface area contributed by atoms with Gasteiger partial charge in [0.05, 0.1) is 16.1 Å². The van der Waals surface area contributed by atoms with Crippen molar-refractivity contribution in [1.29, 1.82) is 0 Å². The Bertz CT molecular complexity index is 1580. The van der Waals surface area contributed by atoms with Gasteiger partial charge in [0.15, 0.2) is 0 Å². The van der Waals surface area contributed by atoms with E-state index in [1.165, 1.54) is 40.3 Å². The zero-order valence-corrected chi connectivity index (χ0v) is 22.6. The lowest BCUT2D eigenvalue weighted by molar-refractivity contribution is 0.0951. The molecule has 0 fully saturated rings. The van der Waals surface area contributed by atoms with Crippen LogP contribution in [0.2, 0.25) is 5.02 Å². The molecule has 0 radical (unpaired) electrons. The molecule has 0 spiro atoms. The number of amides is 1. The third-order valence-electron chi connectivity index (χ3n) is 6.28. The number of anilines is 1. The second-order valence-electron chi connectivity index (χ2n) is 8.80. The van der Waals surface area contributed by atoms with Crippen molar-refractivity contribution in [3.05, 3.63) is 119 Å². The van der Waals surface area contributed by atoms with Crippen LogP contribution in [0, 0.1) is 5.82 Å². The fraction of sp³-hybridized carbons (Fsp3) is 0.138. The Labute approximate surface area is 230 Å². The van der Waals surface area contributed by atoms with Crippen molar-refractivity contribution in [1.82, 2.24) is 5.32 Å². The van der Waals surface area contributed by atoms with Crippen LogP contribution in [0.25, 0.3) is 0 Å². The maximum absolute atomic E-state index is 13.6. The van der Waals surface area contributed by atoms with E-state index < -0.39 is 10.0 Å². The second kappa shape index (κ2) is 11.2. The number of hydrogen-bond donors (Lipinski definition) is 1. The van der Waals surface area contributed by atoms with Crippen LogP contribution in [-0.4, -0.2) is 27.4 Å². The highest BCUT2D eigenvalue weighted by atomic mass is 35.5. The predicted octanol–water partition coefficient (Wildman–Crippen LogP) is 6.35. The Morgan fingerprint density at radius 3 is 2.47 bits per heavy atom. The van der Waals surface area contributed by atoms with Crippen LogP contribution < -0.4 is 9.62 Å². The molecule has 0 atom stereocenters. The van der Waals surface area contributed by atoms with E-state index in [1.54, 1.807) is 36.4 Å². The maximum Gasteiger partial charge on any atom is 0.264 e. The molecule has 1 heterocycles. The van der Waals surface area contributed by atoms with Crippen LogP contribution in [0.1, 0.15) is 21.5 Å². The quantitative estimate of drug-likeness (QED) is 0.270. The van der Waals surface area contributed by atoms with Gasteiger partial charge in [0.25, 0.3) is 15.9 Å². The summed E-state index contributed by atoms with van der Waals surface area (Å²) >= 11 is 7.22. The third kappa shape index (κ3) is 5.72. The lowest BCUT2D eigenvalue weighted by atomic mass is 10.1. The normalized spacial score (nSPS) is 12.8. The van der Waals surface area contributed by atoms with E-state index in [9.17, 15) is 17.6 Å². The summed E-state index contributed by atoms with van der Waals surface area (Å²) in [7, 11) is -3.89. The highest BCUT2D eigenvalue weighted by molar-refractivity contribution is 7.99. The summed E-state index contributed by atoms with van der Waals surface area (Å²) in [4.78, 5) is 14.7. The molecule has 0 bridgehead atoms. The number of benzene rings is 4. The molecular weight excluding hydrogens is 543 g/mol. The van der Waals surface area contributed by atoms with Gasteiger partial charge in [0.2, 0.25) is 0 Å². The number of carbonyl (C=O) groups excluding carboxylic acids is 1. The van der Waals surface area contributed by atoms with Gasteiger partial charge in [-0.05, 0) is 84.6 Å². The van der Waals surface area contributed by atoms with Crippen molar-refractivity contribution in [2.75, 3.05) is 17.4 Å². The smallest absolute Gasteiger partial charge is 0.264 e. The van der Waals surface area contributed by atoms with Crippen molar-refractivity contribution in [2.24, 2.45) is 0 Å². The van der Waals surface area contributed by atoms with Crippen LogP contribution in [-0.2, 0) is 22.9 Å². The van der Waals surface area contributed by atoms with Gasteiger partial charge in [0.1, 0.15) is 5.82 Å². The molecule has 0 unspecified atom stereocenters. The van der Waals surface area contributed by atoms with E-state index in [0.717, 1.165) is 16.0 Å². The van der Waals surface area contributed by atoms with E-state index in [2.05, 4.69) is 5.32 Å².